The number of amides is 1. The van der Waals surface area contributed by atoms with E-state index in [1.807, 2.05) is 61.5 Å². The van der Waals surface area contributed by atoms with Crippen molar-refractivity contribution in [3.63, 3.8) is 0 Å². The molecule has 0 radical (unpaired) electrons. The van der Waals surface area contributed by atoms with Gasteiger partial charge in [0, 0.05) is 4.90 Å². The summed E-state index contributed by atoms with van der Waals surface area (Å²) < 4.78 is 12.2. The molecule has 0 bridgehead atoms. The lowest BCUT2D eigenvalue weighted by atomic mass is 10.2. The van der Waals surface area contributed by atoms with Crippen molar-refractivity contribution >= 4 is 39.8 Å². The highest BCUT2D eigenvalue weighted by Gasteiger charge is 2.14. The van der Waals surface area contributed by atoms with Crippen molar-refractivity contribution in [2.45, 2.75) is 30.6 Å². The van der Waals surface area contributed by atoms with Crippen molar-refractivity contribution in [1.82, 2.24) is 5.43 Å². The minimum absolute atomic E-state index is 0.167. The molecule has 3 aromatic rings. The van der Waals surface area contributed by atoms with Crippen molar-refractivity contribution in [1.29, 1.82) is 0 Å². The van der Waals surface area contributed by atoms with E-state index in [9.17, 15) is 4.79 Å². The Labute approximate surface area is 201 Å². The number of thioether (sulfide) groups is 1. The Bertz CT molecular complexity index is 1070. The highest BCUT2D eigenvalue weighted by molar-refractivity contribution is 9.10. The minimum atomic E-state index is -0.270. The Morgan fingerprint density at radius 1 is 1.16 bits per heavy atom. The van der Waals surface area contributed by atoms with Crippen LogP contribution in [-0.4, -0.2) is 24.5 Å². The number of ether oxygens (including phenoxy) is 2. The number of aryl methyl sites for hydroxylation is 1. The number of hydrogen-bond acceptors (Lipinski definition) is 5. The summed E-state index contributed by atoms with van der Waals surface area (Å²) in [6.07, 6.45) is 1.58. The quantitative estimate of drug-likeness (QED) is 0.217. The molecule has 0 aliphatic rings. The molecule has 0 aromatic heterocycles. The van der Waals surface area contributed by atoms with E-state index in [0.717, 1.165) is 20.5 Å². The molecule has 0 aliphatic heterocycles. The van der Waals surface area contributed by atoms with E-state index in [-0.39, 0.29) is 11.2 Å². The van der Waals surface area contributed by atoms with Crippen LogP contribution in [0.4, 0.5) is 0 Å². The number of nitrogens with one attached hydrogen (secondary N) is 1. The van der Waals surface area contributed by atoms with Crippen LogP contribution in [-0.2, 0) is 11.4 Å². The second kappa shape index (κ2) is 11.7. The van der Waals surface area contributed by atoms with Crippen LogP contribution < -0.4 is 14.9 Å². The topological polar surface area (TPSA) is 59.9 Å². The summed E-state index contributed by atoms with van der Waals surface area (Å²) in [4.78, 5) is 13.4. The number of nitrogens with zero attached hydrogens (tertiary/aromatic N) is 1. The molecule has 3 aromatic carbocycles. The number of halogens is 1. The van der Waals surface area contributed by atoms with Crippen LogP contribution in [0.1, 0.15) is 23.6 Å². The van der Waals surface area contributed by atoms with Crippen LogP contribution in [0.15, 0.2) is 81.2 Å². The third kappa shape index (κ3) is 6.87. The third-order valence-corrected chi connectivity index (χ3v) is 6.27. The van der Waals surface area contributed by atoms with Gasteiger partial charge in [0.15, 0.2) is 11.5 Å². The molecule has 5 nitrogen and oxygen atoms in total. The minimum Gasteiger partial charge on any atom is -0.493 e. The van der Waals surface area contributed by atoms with Gasteiger partial charge in [-0.1, -0.05) is 48.0 Å². The first-order valence-electron chi connectivity index (χ1n) is 10.1. The molecule has 0 unspecified atom stereocenters. The number of benzene rings is 3. The van der Waals surface area contributed by atoms with Crippen LogP contribution in [0.25, 0.3) is 0 Å². The number of carbonyl (C=O) groups is 1. The number of hydrogen-bond donors (Lipinski definition) is 1. The van der Waals surface area contributed by atoms with Gasteiger partial charge in [-0.05, 0) is 65.2 Å². The first kappa shape index (κ1) is 23.9. The molecule has 32 heavy (non-hydrogen) atoms. The van der Waals surface area contributed by atoms with Gasteiger partial charge in [-0.3, -0.25) is 4.79 Å². The van der Waals surface area contributed by atoms with Crippen molar-refractivity contribution < 1.29 is 14.3 Å². The van der Waals surface area contributed by atoms with Crippen LogP contribution in [0, 0.1) is 6.92 Å². The fourth-order valence-corrected chi connectivity index (χ4v) is 4.27. The Balaban J connectivity index is 1.61. The summed E-state index contributed by atoms with van der Waals surface area (Å²) in [5, 5.41) is 3.83. The molecule has 3 rings (SSSR count). The zero-order valence-electron chi connectivity index (χ0n) is 18.2. The fraction of sp³-hybridized carbons (Fsp3) is 0.200. The number of rotatable bonds is 9. The Morgan fingerprint density at radius 2 is 1.88 bits per heavy atom. The normalized spacial score (nSPS) is 11.9. The van der Waals surface area contributed by atoms with Gasteiger partial charge in [0.2, 0.25) is 0 Å². The molecule has 1 amide bonds. The molecule has 0 saturated carbocycles. The summed E-state index contributed by atoms with van der Waals surface area (Å²) in [7, 11) is 1.59. The Hall–Kier alpha value is -2.77. The monoisotopic (exact) mass is 512 g/mol. The van der Waals surface area contributed by atoms with Gasteiger partial charge < -0.3 is 9.47 Å². The second-order valence-corrected chi connectivity index (χ2v) is 9.38. The van der Waals surface area contributed by atoms with Gasteiger partial charge in [-0.15, -0.1) is 11.8 Å². The maximum atomic E-state index is 12.3. The molecular formula is C25H25BrN2O3S. The molecule has 1 atom stereocenters. The average Bonchev–Trinajstić information content (AvgIpc) is 2.79. The lowest BCUT2D eigenvalue weighted by Gasteiger charge is -2.14. The summed E-state index contributed by atoms with van der Waals surface area (Å²) >= 11 is 5.03. The zero-order chi connectivity index (χ0) is 22.9. The Morgan fingerprint density at radius 3 is 2.56 bits per heavy atom. The van der Waals surface area contributed by atoms with Crippen molar-refractivity contribution in [2.75, 3.05) is 7.11 Å². The lowest BCUT2D eigenvalue weighted by Crippen LogP contribution is -2.26. The van der Waals surface area contributed by atoms with Crippen molar-refractivity contribution in [3.05, 3.63) is 87.9 Å². The van der Waals surface area contributed by atoms with Crippen molar-refractivity contribution in [2.24, 2.45) is 5.10 Å². The highest BCUT2D eigenvalue weighted by atomic mass is 79.9. The summed E-state index contributed by atoms with van der Waals surface area (Å²) in [5.74, 6) is 1.02. The van der Waals surface area contributed by atoms with E-state index in [2.05, 4.69) is 45.5 Å². The van der Waals surface area contributed by atoms with E-state index in [0.29, 0.717) is 18.1 Å². The maximum Gasteiger partial charge on any atom is 0.253 e. The second-order valence-electron chi connectivity index (χ2n) is 7.12. The van der Waals surface area contributed by atoms with Gasteiger partial charge in [-0.2, -0.15) is 5.10 Å². The van der Waals surface area contributed by atoms with E-state index < -0.39 is 0 Å². The van der Waals surface area contributed by atoms with E-state index in [4.69, 9.17) is 9.47 Å². The van der Waals surface area contributed by atoms with Crippen LogP contribution in [0.5, 0.6) is 11.5 Å². The fourth-order valence-electron chi connectivity index (χ4n) is 2.81. The van der Waals surface area contributed by atoms with Crippen molar-refractivity contribution in [3.8, 4) is 11.5 Å². The summed E-state index contributed by atoms with van der Waals surface area (Å²) in [6, 6.07) is 21.7. The Kier molecular flexibility index (Phi) is 8.76. The van der Waals surface area contributed by atoms with Gasteiger partial charge in [-0.25, -0.2) is 5.43 Å². The highest BCUT2D eigenvalue weighted by Crippen LogP contribution is 2.36. The maximum absolute atomic E-state index is 12.3. The first-order chi connectivity index (χ1) is 15.5. The third-order valence-electron chi connectivity index (χ3n) is 4.57. The van der Waals surface area contributed by atoms with Gasteiger partial charge in [0.25, 0.3) is 5.91 Å². The van der Waals surface area contributed by atoms with Gasteiger partial charge in [0.05, 0.1) is 23.0 Å². The van der Waals surface area contributed by atoms with E-state index >= 15 is 0 Å². The number of carbonyl (C=O) groups excluding carboxylic acids is 1. The smallest absolute Gasteiger partial charge is 0.253 e. The van der Waals surface area contributed by atoms with Crippen LogP contribution in [0.2, 0.25) is 0 Å². The largest absolute Gasteiger partial charge is 0.493 e. The molecular weight excluding hydrogens is 488 g/mol. The summed E-state index contributed by atoms with van der Waals surface area (Å²) in [6.45, 7) is 4.33. The molecule has 0 saturated heterocycles. The molecule has 0 heterocycles. The van der Waals surface area contributed by atoms with Crippen LogP contribution in [0.3, 0.4) is 0 Å². The molecule has 1 N–H and O–H groups in total. The predicted octanol–water partition coefficient (Wildman–Crippen LogP) is 5.98. The van der Waals surface area contributed by atoms with Gasteiger partial charge >= 0.3 is 0 Å². The standard InChI is InChI=1S/C25H25BrN2O3S/c1-17-9-11-19(12-10-17)16-31-24-22(26)13-20(14-23(24)30-3)15-27-28-25(29)18(2)32-21-7-5-4-6-8-21/h4-15,18H,16H2,1-3H3,(H,28,29)/b27-15-/t18-/m0/s1. The summed E-state index contributed by atoms with van der Waals surface area (Å²) in [5.41, 5.74) is 5.63. The zero-order valence-corrected chi connectivity index (χ0v) is 20.6. The lowest BCUT2D eigenvalue weighted by molar-refractivity contribution is -0.120. The molecule has 7 heteroatoms. The number of methoxy groups -OCH3 is 1. The number of hydrazone groups is 1. The predicted molar refractivity (Wildman–Crippen MR) is 134 cm³/mol. The SMILES string of the molecule is COc1cc(/C=N\NC(=O)[C@H](C)Sc2ccccc2)cc(Br)c1OCc1ccc(C)cc1. The van der Waals surface area contributed by atoms with Gasteiger partial charge in [0.1, 0.15) is 6.61 Å². The first-order valence-corrected chi connectivity index (χ1v) is 11.7. The molecule has 0 fully saturated rings. The average molecular weight is 513 g/mol. The molecule has 0 aliphatic carbocycles. The van der Waals surface area contributed by atoms with Crippen LogP contribution >= 0.6 is 27.7 Å². The van der Waals surface area contributed by atoms with E-state index in [1.165, 1.54) is 17.3 Å². The van der Waals surface area contributed by atoms with E-state index in [1.54, 1.807) is 13.3 Å². The molecule has 166 valence electrons. The molecule has 0 spiro atoms.